The van der Waals surface area contributed by atoms with Gasteiger partial charge in [0.1, 0.15) is 0 Å². The van der Waals surface area contributed by atoms with E-state index in [9.17, 15) is 0 Å². The van der Waals surface area contributed by atoms with Crippen LogP contribution in [0.5, 0.6) is 0 Å². The molecule has 0 spiro atoms. The van der Waals surface area contributed by atoms with Gasteiger partial charge in [-0.2, -0.15) is 0 Å². The van der Waals surface area contributed by atoms with Crippen LogP contribution in [0, 0.1) is 6.92 Å². The van der Waals surface area contributed by atoms with E-state index in [0.717, 1.165) is 6.54 Å². The second-order valence-corrected chi connectivity index (χ2v) is 4.79. The summed E-state index contributed by atoms with van der Waals surface area (Å²) in [5.74, 6) is 0.683. The Kier molecular flexibility index (Phi) is 2.17. The van der Waals surface area contributed by atoms with Gasteiger partial charge in [0.15, 0.2) is 0 Å². The number of hydrogen-bond acceptors (Lipinski definition) is 2. The first-order valence-corrected chi connectivity index (χ1v) is 5.92. The fourth-order valence-electron chi connectivity index (χ4n) is 2.87. The first-order valence-electron chi connectivity index (χ1n) is 5.92. The van der Waals surface area contributed by atoms with Crippen LogP contribution in [0.1, 0.15) is 29.9 Å². The van der Waals surface area contributed by atoms with E-state index in [1.54, 1.807) is 0 Å². The van der Waals surface area contributed by atoms with Crippen molar-refractivity contribution in [3.05, 3.63) is 29.3 Å². The van der Waals surface area contributed by atoms with Gasteiger partial charge in [0.25, 0.3) is 0 Å². The van der Waals surface area contributed by atoms with Gasteiger partial charge in [-0.1, -0.05) is 17.7 Å². The second kappa shape index (κ2) is 3.53. The minimum absolute atomic E-state index is 0.664. The van der Waals surface area contributed by atoms with Crippen LogP contribution in [-0.4, -0.2) is 19.1 Å². The standard InChI is InChI=1S/C13H18N2/c1-9-4-5-13-10(7-9)11-8-14-6-2-3-12(11)15-13/h4-5,7,11-12,14-15H,2-3,6,8H2,1H3/t11-,12?/m0/s1. The molecule has 1 aromatic carbocycles. The van der Waals surface area contributed by atoms with Crippen LogP contribution in [0.25, 0.3) is 0 Å². The van der Waals surface area contributed by atoms with Gasteiger partial charge in [0, 0.05) is 24.2 Å². The van der Waals surface area contributed by atoms with Crippen molar-refractivity contribution in [2.45, 2.75) is 31.7 Å². The van der Waals surface area contributed by atoms with E-state index in [2.05, 4.69) is 35.8 Å². The molecule has 2 aliphatic heterocycles. The molecule has 1 fully saturated rings. The topological polar surface area (TPSA) is 24.1 Å². The summed E-state index contributed by atoms with van der Waals surface area (Å²) >= 11 is 0. The van der Waals surface area contributed by atoms with Crippen LogP contribution in [-0.2, 0) is 0 Å². The van der Waals surface area contributed by atoms with E-state index in [4.69, 9.17) is 0 Å². The molecule has 3 rings (SSSR count). The molecule has 0 bridgehead atoms. The first kappa shape index (κ1) is 9.22. The van der Waals surface area contributed by atoms with Crippen molar-refractivity contribution >= 4 is 5.69 Å². The Hall–Kier alpha value is -1.02. The summed E-state index contributed by atoms with van der Waals surface area (Å²) in [6.07, 6.45) is 2.59. The molecule has 0 amide bonds. The van der Waals surface area contributed by atoms with Crippen molar-refractivity contribution in [2.24, 2.45) is 0 Å². The normalized spacial score (nSPS) is 28.9. The molecule has 80 valence electrons. The van der Waals surface area contributed by atoms with Crippen molar-refractivity contribution < 1.29 is 0 Å². The summed E-state index contributed by atoms with van der Waals surface area (Å²) < 4.78 is 0. The van der Waals surface area contributed by atoms with E-state index in [0.29, 0.717) is 12.0 Å². The molecule has 2 heterocycles. The summed E-state index contributed by atoms with van der Waals surface area (Å²) in [6.45, 7) is 4.49. The zero-order chi connectivity index (χ0) is 10.3. The Balaban J connectivity index is 1.98. The summed E-state index contributed by atoms with van der Waals surface area (Å²) in [4.78, 5) is 0. The Morgan fingerprint density at radius 2 is 2.27 bits per heavy atom. The second-order valence-electron chi connectivity index (χ2n) is 4.79. The van der Waals surface area contributed by atoms with Crippen LogP contribution in [0.2, 0.25) is 0 Å². The predicted octanol–water partition coefficient (Wildman–Crippen LogP) is 2.26. The lowest BCUT2D eigenvalue weighted by Crippen LogP contribution is -2.25. The lowest BCUT2D eigenvalue weighted by molar-refractivity contribution is 0.580. The Morgan fingerprint density at radius 3 is 3.20 bits per heavy atom. The Morgan fingerprint density at radius 1 is 1.33 bits per heavy atom. The van der Waals surface area contributed by atoms with E-state index >= 15 is 0 Å². The van der Waals surface area contributed by atoms with Gasteiger partial charge < -0.3 is 10.6 Å². The van der Waals surface area contributed by atoms with E-state index in [1.165, 1.54) is 36.2 Å². The highest BCUT2D eigenvalue weighted by atomic mass is 15.0. The molecule has 2 N–H and O–H groups in total. The van der Waals surface area contributed by atoms with Gasteiger partial charge in [0.05, 0.1) is 0 Å². The molecule has 1 saturated heterocycles. The van der Waals surface area contributed by atoms with E-state index < -0.39 is 0 Å². The maximum absolute atomic E-state index is 3.66. The number of hydrogen-bond donors (Lipinski definition) is 2. The van der Waals surface area contributed by atoms with Crippen LogP contribution >= 0.6 is 0 Å². The fourth-order valence-corrected chi connectivity index (χ4v) is 2.87. The van der Waals surface area contributed by atoms with E-state index in [-0.39, 0.29) is 0 Å². The summed E-state index contributed by atoms with van der Waals surface area (Å²) in [5, 5.41) is 7.20. The quantitative estimate of drug-likeness (QED) is 0.674. The largest absolute Gasteiger partial charge is 0.381 e. The zero-order valence-corrected chi connectivity index (χ0v) is 9.22. The van der Waals surface area contributed by atoms with Crippen molar-refractivity contribution in [1.82, 2.24) is 5.32 Å². The first-order chi connectivity index (χ1) is 7.34. The van der Waals surface area contributed by atoms with Crippen LogP contribution in [0.15, 0.2) is 18.2 Å². The molecule has 2 nitrogen and oxygen atoms in total. The van der Waals surface area contributed by atoms with Gasteiger partial charge in [-0.25, -0.2) is 0 Å². The molecule has 2 heteroatoms. The smallest absolute Gasteiger partial charge is 0.0379 e. The Bertz CT molecular complexity index is 373. The molecule has 0 saturated carbocycles. The van der Waals surface area contributed by atoms with Crippen molar-refractivity contribution in [2.75, 3.05) is 18.4 Å². The van der Waals surface area contributed by atoms with Crippen LogP contribution < -0.4 is 10.6 Å². The number of benzene rings is 1. The third kappa shape index (κ3) is 1.53. The number of anilines is 1. The molecule has 1 unspecified atom stereocenters. The minimum atomic E-state index is 0.664. The summed E-state index contributed by atoms with van der Waals surface area (Å²) in [5.41, 5.74) is 4.26. The third-order valence-electron chi connectivity index (χ3n) is 3.67. The number of fused-ring (bicyclic) bond motifs is 3. The number of nitrogens with one attached hydrogen (secondary N) is 2. The molecule has 15 heavy (non-hydrogen) atoms. The van der Waals surface area contributed by atoms with Gasteiger partial charge in [-0.3, -0.25) is 0 Å². The maximum atomic E-state index is 3.66. The molecule has 0 aromatic heterocycles. The van der Waals surface area contributed by atoms with Gasteiger partial charge >= 0.3 is 0 Å². The highest BCUT2D eigenvalue weighted by molar-refractivity contribution is 5.60. The lowest BCUT2D eigenvalue weighted by atomic mass is 9.93. The fraction of sp³-hybridized carbons (Fsp3) is 0.538. The Labute approximate surface area is 91.1 Å². The lowest BCUT2D eigenvalue weighted by Gasteiger charge is -2.16. The highest BCUT2D eigenvalue weighted by Crippen LogP contribution is 2.38. The van der Waals surface area contributed by atoms with Crippen LogP contribution in [0.3, 0.4) is 0 Å². The van der Waals surface area contributed by atoms with Gasteiger partial charge in [-0.05, 0) is 37.9 Å². The summed E-state index contributed by atoms with van der Waals surface area (Å²) in [7, 11) is 0. The average Bonchev–Trinajstić information content (AvgIpc) is 2.44. The van der Waals surface area contributed by atoms with Gasteiger partial charge in [-0.15, -0.1) is 0 Å². The predicted molar refractivity (Wildman–Crippen MR) is 63.4 cm³/mol. The van der Waals surface area contributed by atoms with Crippen LogP contribution in [0.4, 0.5) is 5.69 Å². The maximum Gasteiger partial charge on any atom is 0.0379 e. The molecule has 0 aliphatic carbocycles. The highest BCUT2D eigenvalue weighted by Gasteiger charge is 2.32. The average molecular weight is 202 g/mol. The SMILES string of the molecule is Cc1ccc2c(c1)[C@@H]1CNCCCC1N2. The van der Waals surface area contributed by atoms with E-state index in [1.807, 2.05) is 0 Å². The number of rotatable bonds is 0. The molecule has 0 radical (unpaired) electrons. The van der Waals surface area contributed by atoms with Crippen molar-refractivity contribution in [3.8, 4) is 0 Å². The third-order valence-corrected chi connectivity index (χ3v) is 3.67. The van der Waals surface area contributed by atoms with Crippen molar-refractivity contribution in [3.63, 3.8) is 0 Å². The minimum Gasteiger partial charge on any atom is -0.381 e. The monoisotopic (exact) mass is 202 g/mol. The molecule has 2 aliphatic rings. The number of aryl methyl sites for hydroxylation is 1. The zero-order valence-electron chi connectivity index (χ0n) is 9.22. The van der Waals surface area contributed by atoms with Gasteiger partial charge in [0.2, 0.25) is 0 Å². The molecular formula is C13H18N2. The molecular weight excluding hydrogens is 184 g/mol. The molecule has 1 aromatic rings. The summed E-state index contributed by atoms with van der Waals surface area (Å²) in [6, 6.07) is 7.45. The van der Waals surface area contributed by atoms with Crippen molar-refractivity contribution in [1.29, 1.82) is 0 Å². The molecule has 2 atom stereocenters.